The van der Waals surface area contributed by atoms with Crippen LogP contribution in [0.2, 0.25) is 0 Å². The standard InChI is InChI=1S/C26H38O6/c1-12(24(28-5)29-6)14-7-8-15-19-16(9-10-25(14,15)3)26(4)17(20-22(19)31-20)11-18(30-13(2)27)21-23(26)32-21/h11-12,14-16,18-24H,7-10H2,1-6H3/t12?,14-,15?,16?,18+,19?,20-,21+,22+,23+,25-,26-/m1/s1. The van der Waals surface area contributed by atoms with E-state index in [4.69, 9.17) is 23.7 Å². The summed E-state index contributed by atoms with van der Waals surface area (Å²) in [5.74, 6) is 2.55. The Labute approximate surface area is 191 Å². The molecule has 4 aliphatic carbocycles. The summed E-state index contributed by atoms with van der Waals surface area (Å²) in [6, 6.07) is 0. The highest BCUT2D eigenvalue weighted by Crippen LogP contribution is 2.72. The Kier molecular flexibility index (Phi) is 4.74. The predicted molar refractivity (Wildman–Crippen MR) is 117 cm³/mol. The van der Waals surface area contributed by atoms with Gasteiger partial charge in [-0.1, -0.05) is 20.8 Å². The van der Waals surface area contributed by atoms with Crippen LogP contribution in [-0.2, 0) is 28.5 Å². The highest BCUT2D eigenvalue weighted by Gasteiger charge is 2.75. The third-order valence-electron chi connectivity index (χ3n) is 10.6. The van der Waals surface area contributed by atoms with Crippen molar-refractivity contribution in [2.75, 3.05) is 14.2 Å². The number of hydrogen-bond donors (Lipinski definition) is 0. The van der Waals surface area contributed by atoms with E-state index in [2.05, 4.69) is 26.8 Å². The van der Waals surface area contributed by atoms with Gasteiger partial charge < -0.3 is 23.7 Å². The van der Waals surface area contributed by atoms with Gasteiger partial charge in [0.1, 0.15) is 18.3 Å². The zero-order valence-corrected chi connectivity index (χ0v) is 20.2. The summed E-state index contributed by atoms with van der Waals surface area (Å²) in [7, 11) is 3.51. The van der Waals surface area contributed by atoms with Gasteiger partial charge in [0.25, 0.3) is 0 Å². The van der Waals surface area contributed by atoms with E-state index in [1.807, 2.05) is 0 Å². The van der Waals surface area contributed by atoms with Crippen molar-refractivity contribution >= 4 is 5.97 Å². The third kappa shape index (κ3) is 2.70. The molecule has 3 saturated carbocycles. The van der Waals surface area contributed by atoms with Gasteiger partial charge in [-0.25, -0.2) is 0 Å². The number of ether oxygens (including phenoxy) is 5. The first kappa shape index (κ1) is 21.6. The minimum absolute atomic E-state index is 0.00369. The second-order valence-corrected chi connectivity index (χ2v) is 11.7. The Morgan fingerprint density at radius 1 is 1.09 bits per heavy atom. The summed E-state index contributed by atoms with van der Waals surface area (Å²) < 4.78 is 29.6. The van der Waals surface area contributed by atoms with E-state index in [1.54, 1.807) is 14.2 Å². The first-order valence-electron chi connectivity index (χ1n) is 12.5. The lowest BCUT2D eigenvalue weighted by molar-refractivity contribution is -0.161. The van der Waals surface area contributed by atoms with Gasteiger partial charge in [0.15, 0.2) is 6.29 Å². The largest absolute Gasteiger partial charge is 0.455 e. The van der Waals surface area contributed by atoms with Gasteiger partial charge >= 0.3 is 5.97 Å². The number of epoxide rings is 2. The van der Waals surface area contributed by atoms with Crippen molar-refractivity contribution in [3.8, 4) is 0 Å². The fourth-order valence-corrected chi connectivity index (χ4v) is 9.23. The summed E-state index contributed by atoms with van der Waals surface area (Å²) in [4.78, 5) is 11.6. The predicted octanol–water partition coefficient (Wildman–Crippen LogP) is 3.73. The molecule has 2 heterocycles. The Bertz CT molecular complexity index is 836. The van der Waals surface area contributed by atoms with Crippen molar-refractivity contribution in [3.05, 3.63) is 11.6 Å². The number of fused-ring (bicyclic) bond motifs is 10. The highest BCUT2D eigenvalue weighted by atomic mass is 16.7. The van der Waals surface area contributed by atoms with Crippen molar-refractivity contribution in [2.45, 2.75) is 90.2 Å². The van der Waals surface area contributed by atoms with Gasteiger partial charge in [-0.2, -0.15) is 0 Å². The zero-order chi connectivity index (χ0) is 22.6. The maximum absolute atomic E-state index is 11.6. The second-order valence-electron chi connectivity index (χ2n) is 11.7. The van der Waals surface area contributed by atoms with E-state index >= 15 is 0 Å². The lowest BCUT2D eigenvalue weighted by Crippen LogP contribution is -2.56. The zero-order valence-electron chi connectivity index (χ0n) is 20.2. The molecule has 0 radical (unpaired) electrons. The highest BCUT2D eigenvalue weighted by molar-refractivity contribution is 5.66. The van der Waals surface area contributed by atoms with E-state index in [9.17, 15) is 4.79 Å². The average molecular weight is 447 g/mol. The van der Waals surface area contributed by atoms with Gasteiger partial charge in [0, 0.05) is 32.5 Å². The Morgan fingerprint density at radius 3 is 2.53 bits per heavy atom. The normalized spacial score (nSPS) is 53.2. The van der Waals surface area contributed by atoms with Crippen molar-refractivity contribution < 1.29 is 28.5 Å². The second kappa shape index (κ2) is 7.03. The number of carbonyl (C=O) groups excluding carboxylic acids is 1. The van der Waals surface area contributed by atoms with Gasteiger partial charge in [-0.05, 0) is 66.4 Å². The minimum Gasteiger partial charge on any atom is -0.455 e. The first-order valence-corrected chi connectivity index (χ1v) is 12.5. The van der Waals surface area contributed by atoms with Crippen LogP contribution in [0.4, 0.5) is 0 Å². The van der Waals surface area contributed by atoms with Gasteiger partial charge in [-0.3, -0.25) is 4.79 Å². The van der Waals surface area contributed by atoms with Crippen LogP contribution in [0.3, 0.4) is 0 Å². The maximum atomic E-state index is 11.6. The quantitative estimate of drug-likeness (QED) is 0.277. The number of rotatable bonds is 5. The van der Waals surface area contributed by atoms with Crippen molar-refractivity contribution in [1.82, 2.24) is 0 Å². The molecule has 12 atom stereocenters. The number of carbonyl (C=O) groups is 1. The molecule has 6 aliphatic rings. The molecule has 0 spiro atoms. The molecule has 6 rings (SSSR count). The van der Waals surface area contributed by atoms with Crippen molar-refractivity contribution in [1.29, 1.82) is 0 Å². The molecule has 178 valence electrons. The molecule has 2 aliphatic heterocycles. The molecule has 0 amide bonds. The van der Waals surface area contributed by atoms with E-state index < -0.39 is 0 Å². The molecular formula is C26H38O6. The van der Waals surface area contributed by atoms with Gasteiger partial charge in [0.2, 0.25) is 0 Å². The third-order valence-corrected chi connectivity index (χ3v) is 10.6. The van der Waals surface area contributed by atoms with Crippen LogP contribution in [0.1, 0.15) is 53.4 Å². The van der Waals surface area contributed by atoms with Crippen molar-refractivity contribution in [3.63, 3.8) is 0 Å². The molecular weight excluding hydrogens is 408 g/mol. The summed E-state index contributed by atoms with van der Waals surface area (Å²) in [6.07, 6.45) is 7.37. The number of esters is 1. The van der Waals surface area contributed by atoms with Crippen LogP contribution in [0.15, 0.2) is 11.6 Å². The van der Waals surface area contributed by atoms with Crippen LogP contribution in [0, 0.1) is 40.4 Å². The summed E-state index contributed by atoms with van der Waals surface area (Å²) >= 11 is 0. The van der Waals surface area contributed by atoms with Crippen LogP contribution >= 0.6 is 0 Å². The van der Waals surface area contributed by atoms with Gasteiger partial charge in [0.05, 0.1) is 12.2 Å². The molecule has 4 unspecified atom stereocenters. The first-order chi connectivity index (χ1) is 15.3. The van der Waals surface area contributed by atoms with Gasteiger partial charge in [-0.15, -0.1) is 0 Å². The molecule has 2 saturated heterocycles. The fourth-order valence-electron chi connectivity index (χ4n) is 9.23. The fraction of sp³-hybridized carbons (Fsp3) is 0.885. The SMILES string of the molecule is COC(OC)C(C)[C@H]1CCC2C3C(CC[C@@]21C)[C@]1(C)C(=C[C@H](OC(C)=O)[C@@H]2O[C@@H]21)[C@H]1O[C@@H]31. The molecule has 0 N–H and O–H groups in total. The Balaban J connectivity index is 1.31. The smallest absolute Gasteiger partial charge is 0.303 e. The molecule has 0 aromatic rings. The number of hydrogen-bond acceptors (Lipinski definition) is 6. The van der Waals surface area contributed by atoms with Crippen LogP contribution in [0.25, 0.3) is 0 Å². The molecule has 0 bridgehead atoms. The van der Waals surface area contributed by atoms with E-state index in [0.717, 1.165) is 0 Å². The Hall–Kier alpha value is -0.950. The summed E-state index contributed by atoms with van der Waals surface area (Å²) in [6.45, 7) is 8.73. The van der Waals surface area contributed by atoms with E-state index in [1.165, 1.54) is 38.2 Å². The van der Waals surface area contributed by atoms with E-state index in [0.29, 0.717) is 41.1 Å². The van der Waals surface area contributed by atoms with Crippen LogP contribution < -0.4 is 0 Å². The molecule has 0 aromatic heterocycles. The molecule has 5 fully saturated rings. The van der Waals surface area contributed by atoms with Crippen molar-refractivity contribution in [2.24, 2.45) is 40.4 Å². The summed E-state index contributed by atoms with van der Waals surface area (Å²) in [5.41, 5.74) is 1.64. The van der Waals surface area contributed by atoms with Crippen LogP contribution in [-0.4, -0.2) is 57.0 Å². The molecule has 6 nitrogen and oxygen atoms in total. The lowest BCUT2D eigenvalue weighted by Gasteiger charge is -2.57. The maximum Gasteiger partial charge on any atom is 0.303 e. The Morgan fingerprint density at radius 2 is 1.84 bits per heavy atom. The average Bonchev–Trinajstić information content (AvgIpc) is 3.65. The molecule has 6 heteroatoms. The van der Waals surface area contributed by atoms with Crippen LogP contribution in [0.5, 0.6) is 0 Å². The topological polar surface area (TPSA) is 69.8 Å². The summed E-state index contributed by atoms with van der Waals surface area (Å²) in [5, 5.41) is 0. The van der Waals surface area contributed by atoms with E-state index in [-0.39, 0.29) is 42.1 Å². The minimum atomic E-state index is -0.257. The molecule has 0 aromatic carbocycles. The monoisotopic (exact) mass is 446 g/mol. The number of methoxy groups -OCH3 is 2. The lowest BCUT2D eigenvalue weighted by atomic mass is 9.46. The molecule has 32 heavy (non-hydrogen) atoms.